The molecule has 2 aliphatic rings. The number of hydrogen-bond donors (Lipinski definition) is 1. The number of rotatable bonds is 3. The average molecular weight is 356 g/mol. The van der Waals surface area contributed by atoms with E-state index in [9.17, 15) is 4.79 Å². The van der Waals surface area contributed by atoms with Gasteiger partial charge < -0.3 is 10.6 Å². The van der Waals surface area contributed by atoms with Crippen LogP contribution in [0, 0.1) is 5.92 Å². The van der Waals surface area contributed by atoms with Crippen LogP contribution in [0.5, 0.6) is 0 Å². The lowest BCUT2D eigenvalue weighted by molar-refractivity contribution is -0.120. The number of piperidine rings is 1. The number of thioether (sulfide) groups is 1. The molecule has 3 rings (SSSR count). The highest BCUT2D eigenvalue weighted by Crippen LogP contribution is 2.34. The quantitative estimate of drug-likeness (QED) is 0.905. The van der Waals surface area contributed by atoms with Gasteiger partial charge in [-0.05, 0) is 44.4 Å². The number of anilines is 1. The molecule has 128 valence electrons. The maximum atomic E-state index is 12.7. The fourth-order valence-corrected chi connectivity index (χ4v) is 4.36. The molecule has 0 radical (unpaired) electrons. The van der Waals surface area contributed by atoms with Crippen LogP contribution < -0.4 is 10.6 Å². The van der Waals surface area contributed by atoms with E-state index in [2.05, 4.69) is 24.0 Å². The van der Waals surface area contributed by atoms with Gasteiger partial charge in [-0.15, -0.1) is 24.2 Å². The smallest absolute Gasteiger partial charge is 0.241 e. The molecule has 1 aromatic carbocycles. The third-order valence-electron chi connectivity index (χ3n) is 4.67. The van der Waals surface area contributed by atoms with E-state index < -0.39 is 0 Å². The minimum atomic E-state index is 0. The Kier molecular flexibility index (Phi) is 6.77. The van der Waals surface area contributed by atoms with Crippen LogP contribution in [0.3, 0.4) is 0 Å². The molecule has 0 bridgehead atoms. The number of benzene rings is 1. The van der Waals surface area contributed by atoms with Crippen molar-refractivity contribution in [3.63, 3.8) is 0 Å². The Balaban J connectivity index is 0.00000192. The number of nitrogens with two attached hydrogens (primary N) is 1. The summed E-state index contributed by atoms with van der Waals surface area (Å²) in [5.74, 6) is 1.72. The van der Waals surface area contributed by atoms with Gasteiger partial charge in [-0.25, -0.2) is 0 Å². The van der Waals surface area contributed by atoms with Crippen LogP contribution >= 0.6 is 24.2 Å². The first-order valence-corrected chi connectivity index (χ1v) is 9.14. The summed E-state index contributed by atoms with van der Waals surface area (Å²) in [5, 5.41) is 0. The molecule has 23 heavy (non-hydrogen) atoms. The van der Waals surface area contributed by atoms with Gasteiger partial charge in [-0.2, -0.15) is 0 Å². The van der Waals surface area contributed by atoms with Crippen molar-refractivity contribution in [1.82, 2.24) is 4.90 Å². The van der Waals surface area contributed by atoms with Gasteiger partial charge in [0, 0.05) is 29.8 Å². The number of carbonyl (C=O) groups is 1. The van der Waals surface area contributed by atoms with Crippen LogP contribution in [-0.2, 0) is 4.79 Å². The van der Waals surface area contributed by atoms with E-state index in [1.807, 2.05) is 28.8 Å². The molecule has 0 spiro atoms. The lowest BCUT2D eigenvalue weighted by Crippen LogP contribution is -2.48. The minimum Gasteiger partial charge on any atom is -0.328 e. The molecule has 0 aliphatic carbocycles. The zero-order valence-corrected chi connectivity index (χ0v) is 15.2. The van der Waals surface area contributed by atoms with E-state index in [4.69, 9.17) is 5.73 Å². The van der Waals surface area contributed by atoms with Gasteiger partial charge in [-0.1, -0.05) is 12.1 Å². The fraction of sp³-hybridized carbons (Fsp3) is 0.588. The lowest BCUT2D eigenvalue weighted by atomic mass is 9.92. The summed E-state index contributed by atoms with van der Waals surface area (Å²) >= 11 is 1.84. The largest absolute Gasteiger partial charge is 0.328 e. The van der Waals surface area contributed by atoms with Gasteiger partial charge in [0.15, 0.2) is 0 Å². The van der Waals surface area contributed by atoms with E-state index in [0.717, 1.165) is 37.5 Å². The van der Waals surface area contributed by atoms with Crippen LogP contribution in [0.2, 0.25) is 0 Å². The second kappa shape index (κ2) is 8.38. The fourth-order valence-electron chi connectivity index (χ4n) is 3.37. The number of nitrogens with zero attached hydrogens (tertiary/aromatic N) is 2. The Morgan fingerprint density at radius 1 is 1.39 bits per heavy atom. The lowest BCUT2D eigenvalue weighted by Gasteiger charge is -2.36. The molecule has 4 nitrogen and oxygen atoms in total. The molecular weight excluding hydrogens is 330 g/mol. The van der Waals surface area contributed by atoms with Crippen molar-refractivity contribution < 1.29 is 4.79 Å². The van der Waals surface area contributed by atoms with Crippen molar-refractivity contribution in [2.75, 3.05) is 36.8 Å². The summed E-state index contributed by atoms with van der Waals surface area (Å²) in [5.41, 5.74) is 7.12. The molecule has 2 N–H and O–H groups in total. The minimum absolute atomic E-state index is 0. The number of para-hydroxylation sites is 1. The Morgan fingerprint density at radius 3 is 2.96 bits per heavy atom. The van der Waals surface area contributed by atoms with Gasteiger partial charge >= 0.3 is 0 Å². The summed E-state index contributed by atoms with van der Waals surface area (Å²) < 4.78 is 0. The summed E-state index contributed by atoms with van der Waals surface area (Å²) in [7, 11) is 0. The molecule has 1 aromatic rings. The highest BCUT2D eigenvalue weighted by atomic mass is 35.5. The Morgan fingerprint density at radius 2 is 2.17 bits per heavy atom. The molecule has 0 aromatic heterocycles. The molecule has 1 saturated heterocycles. The molecule has 2 aliphatic heterocycles. The first kappa shape index (κ1) is 18.6. The number of carbonyl (C=O) groups excluding carboxylic acids is 1. The summed E-state index contributed by atoms with van der Waals surface area (Å²) in [4.78, 5) is 18.2. The van der Waals surface area contributed by atoms with Crippen LogP contribution in [-0.4, -0.2) is 48.8 Å². The molecule has 0 saturated carbocycles. The van der Waals surface area contributed by atoms with Gasteiger partial charge in [0.25, 0.3) is 0 Å². The van der Waals surface area contributed by atoms with Crippen LogP contribution in [0.1, 0.15) is 19.8 Å². The summed E-state index contributed by atoms with van der Waals surface area (Å²) in [6.07, 6.45) is 2.33. The molecule has 1 fully saturated rings. The van der Waals surface area contributed by atoms with Crippen molar-refractivity contribution in [2.24, 2.45) is 11.7 Å². The molecule has 2 atom stereocenters. The SMILES string of the molecule is CC(N)C1CCCN(CC(=O)N2CCSc3ccccc32)C1.Cl. The first-order valence-electron chi connectivity index (χ1n) is 8.15. The predicted molar refractivity (Wildman–Crippen MR) is 99.6 cm³/mol. The second-order valence-corrected chi connectivity index (χ2v) is 7.49. The standard InChI is InChI=1S/C17H25N3OS.ClH/c1-13(18)14-5-4-8-19(11-14)12-17(21)20-9-10-22-16-7-3-2-6-15(16)20;/h2-3,6-7,13-14H,4-5,8-12,18H2,1H3;1H. The molecule has 2 heterocycles. The summed E-state index contributed by atoms with van der Waals surface area (Å²) in [6, 6.07) is 8.42. The van der Waals surface area contributed by atoms with Crippen molar-refractivity contribution in [3.05, 3.63) is 24.3 Å². The van der Waals surface area contributed by atoms with Gasteiger partial charge in [0.05, 0.1) is 12.2 Å². The number of fused-ring (bicyclic) bond motifs is 1. The van der Waals surface area contributed by atoms with Crippen LogP contribution in [0.25, 0.3) is 0 Å². The van der Waals surface area contributed by atoms with E-state index >= 15 is 0 Å². The predicted octanol–water partition coefficient (Wildman–Crippen LogP) is 2.61. The first-order chi connectivity index (χ1) is 10.6. The Bertz CT molecular complexity index is 540. The maximum Gasteiger partial charge on any atom is 0.241 e. The topological polar surface area (TPSA) is 49.6 Å². The average Bonchev–Trinajstić information content (AvgIpc) is 2.54. The molecular formula is C17H26ClN3OS. The number of likely N-dealkylation sites (tertiary alicyclic amines) is 1. The molecule has 2 unspecified atom stereocenters. The van der Waals surface area contributed by atoms with Crippen molar-refractivity contribution >= 4 is 35.8 Å². The monoisotopic (exact) mass is 355 g/mol. The highest BCUT2D eigenvalue weighted by Gasteiger charge is 2.27. The van der Waals surface area contributed by atoms with Gasteiger partial charge in [0.2, 0.25) is 5.91 Å². The zero-order valence-electron chi connectivity index (χ0n) is 13.6. The van der Waals surface area contributed by atoms with Crippen molar-refractivity contribution in [1.29, 1.82) is 0 Å². The van der Waals surface area contributed by atoms with Crippen LogP contribution in [0.15, 0.2) is 29.2 Å². The number of hydrogen-bond acceptors (Lipinski definition) is 4. The third-order valence-corrected chi connectivity index (χ3v) is 5.72. The van der Waals surface area contributed by atoms with Crippen molar-refractivity contribution in [3.8, 4) is 0 Å². The molecule has 1 amide bonds. The van der Waals surface area contributed by atoms with Gasteiger partial charge in [0.1, 0.15) is 0 Å². The number of halogens is 1. The zero-order chi connectivity index (χ0) is 15.5. The highest BCUT2D eigenvalue weighted by molar-refractivity contribution is 7.99. The number of amides is 1. The van der Waals surface area contributed by atoms with E-state index in [1.54, 1.807) is 0 Å². The normalized spacial score (nSPS) is 22.9. The Labute approximate surface area is 149 Å². The van der Waals surface area contributed by atoms with E-state index in [-0.39, 0.29) is 24.4 Å². The van der Waals surface area contributed by atoms with Crippen molar-refractivity contribution in [2.45, 2.75) is 30.7 Å². The van der Waals surface area contributed by atoms with E-state index in [0.29, 0.717) is 12.5 Å². The third kappa shape index (κ3) is 4.41. The second-order valence-electron chi connectivity index (χ2n) is 6.36. The van der Waals surface area contributed by atoms with Crippen LogP contribution in [0.4, 0.5) is 5.69 Å². The molecule has 6 heteroatoms. The summed E-state index contributed by atoms with van der Waals surface area (Å²) in [6.45, 7) is 5.37. The van der Waals surface area contributed by atoms with E-state index in [1.165, 1.54) is 11.3 Å². The van der Waals surface area contributed by atoms with Gasteiger partial charge in [-0.3, -0.25) is 9.69 Å². The Hall–Kier alpha value is -0.750. The maximum absolute atomic E-state index is 12.7.